The molecule has 0 aromatic heterocycles. The maximum absolute atomic E-state index is 12.6. The molecule has 1 aromatic carbocycles. The Bertz CT molecular complexity index is 574. The third-order valence-electron chi connectivity index (χ3n) is 4.80. The van der Waals surface area contributed by atoms with Gasteiger partial charge in [-0.2, -0.15) is 13.2 Å². The molecule has 6 heteroatoms. The molecule has 2 fully saturated rings. The van der Waals surface area contributed by atoms with Crippen LogP contribution in [0.5, 0.6) is 0 Å². The number of hydrogen-bond donors (Lipinski definition) is 2. The molecule has 0 saturated heterocycles. The van der Waals surface area contributed by atoms with E-state index in [0.717, 1.165) is 18.6 Å². The zero-order valence-corrected chi connectivity index (χ0v) is 12.3. The maximum Gasteiger partial charge on any atom is 0.416 e. The highest BCUT2D eigenvalue weighted by atomic mass is 19.4. The molecule has 22 heavy (non-hydrogen) atoms. The lowest BCUT2D eigenvalue weighted by Gasteiger charge is -2.10. The molecular formula is C16H20F3N3. The first-order chi connectivity index (χ1) is 10.4. The highest BCUT2D eigenvalue weighted by Crippen LogP contribution is 2.57. The highest BCUT2D eigenvalue weighted by molar-refractivity contribution is 5.78. The van der Waals surface area contributed by atoms with Crippen LogP contribution in [0.2, 0.25) is 0 Å². The topological polar surface area (TPSA) is 50.4 Å². The van der Waals surface area contributed by atoms with E-state index in [4.69, 9.17) is 5.73 Å². The average Bonchev–Trinajstić information content (AvgIpc) is 2.90. The molecule has 3 rings (SSSR count). The number of nitrogens with two attached hydrogens (primary N) is 1. The Kier molecular flexibility index (Phi) is 3.78. The number of halogens is 3. The minimum absolute atomic E-state index is 0.155. The molecule has 2 saturated carbocycles. The Hall–Kier alpha value is -1.72. The number of guanidine groups is 1. The molecular weight excluding hydrogens is 291 g/mol. The third kappa shape index (κ3) is 3.20. The highest BCUT2D eigenvalue weighted by Gasteiger charge is 2.55. The van der Waals surface area contributed by atoms with Crippen LogP contribution in [0.15, 0.2) is 29.3 Å². The van der Waals surface area contributed by atoms with Gasteiger partial charge in [-0.15, -0.1) is 0 Å². The van der Waals surface area contributed by atoms with Gasteiger partial charge in [0.25, 0.3) is 0 Å². The van der Waals surface area contributed by atoms with Crippen LogP contribution >= 0.6 is 0 Å². The van der Waals surface area contributed by atoms with Crippen molar-refractivity contribution in [3.8, 4) is 0 Å². The smallest absolute Gasteiger partial charge is 0.370 e. The molecule has 1 aromatic rings. The number of nitrogens with one attached hydrogen (secondary N) is 1. The van der Waals surface area contributed by atoms with Crippen molar-refractivity contribution in [3.63, 3.8) is 0 Å². The lowest BCUT2D eigenvalue weighted by atomic mass is 10.1. The Morgan fingerprint density at radius 3 is 2.73 bits per heavy atom. The van der Waals surface area contributed by atoms with Crippen molar-refractivity contribution in [3.05, 3.63) is 35.4 Å². The second kappa shape index (κ2) is 5.48. The molecule has 0 radical (unpaired) electrons. The van der Waals surface area contributed by atoms with Crippen LogP contribution < -0.4 is 11.1 Å². The first-order valence-electron chi connectivity index (χ1n) is 7.62. The number of rotatable bonds is 3. The van der Waals surface area contributed by atoms with E-state index < -0.39 is 11.7 Å². The van der Waals surface area contributed by atoms with Gasteiger partial charge in [0.05, 0.1) is 12.1 Å². The SMILES string of the molecule is NC(=NCc1cccc(C(F)(F)F)c1)NC1CC12CCCC2. The average molecular weight is 311 g/mol. The van der Waals surface area contributed by atoms with Crippen molar-refractivity contribution < 1.29 is 13.2 Å². The largest absolute Gasteiger partial charge is 0.416 e. The fraction of sp³-hybridized carbons (Fsp3) is 0.562. The molecule has 120 valence electrons. The number of nitrogens with zero attached hydrogens (tertiary/aromatic N) is 1. The maximum atomic E-state index is 12.6. The van der Waals surface area contributed by atoms with Crippen molar-refractivity contribution in [1.29, 1.82) is 0 Å². The van der Waals surface area contributed by atoms with Crippen LogP contribution in [0.4, 0.5) is 13.2 Å². The second-order valence-corrected chi connectivity index (χ2v) is 6.37. The molecule has 1 spiro atoms. The van der Waals surface area contributed by atoms with Gasteiger partial charge in [0.1, 0.15) is 0 Å². The Morgan fingerprint density at radius 1 is 1.32 bits per heavy atom. The third-order valence-corrected chi connectivity index (χ3v) is 4.80. The van der Waals surface area contributed by atoms with Crippen molar-refractivity contribution >= 4 is 5.96 Å². The summed E-state index contributed by atoms with van der Waals surface area (Å²) in [6, 6.07) is 5.59. The molecule has 0 amide bonds. The summed E-state index contributed by atoms with van der Waals surface area (Å²) in [7, 11) is 0. The minimum Gasteiger partial charge on any atom is -0.370 e. The zero-order chi connectivity index (χ0) is 15.8. The summed E-state index contributed by atoms with van der Waals surface area (Å²) in [5.41, 5.74) is 6.12. The molecule has 1 unspecified atom stereocenters. The van der Waals surface area contributed by atoms with E-state index in [1.807, 2.05) is 0 Å². The van der Waals surface area contributed by atoms with Crippen LogP contribution in [-0.4, -0.2) is 12.0 Å². The van der Waals surface area contributed by atoms with Crippen molar-refractivity contribution in [2.24, 2.45) is 16.1 Å². The van der Waals surface area contributed by atoms with E-state index in [1.165, 1.54) is 31.7 Å². The fourth-order valence-corrected chi connectivity index (χ4v) is 3.43. The van der Waals surface area contributed by atoms with Gasteiger partial charge in [0, 0.05) is 6.04 Å². The van der Waals surface area contributed by atoms with E-state index in [9.17, 15) is 13.2 Å². The van der Waals surface area contributed by atoms with Crippen molar-refractivity contribution in [1.82, 2.24) is 5.32 Å². The van der Waals surface area contributed by atoms with Crippen LogP contribution in [0.3, 0.4) is 0 Å². The number of benzene rings is 1. The number of hydrogen-bond acceptors (Lipinski definition) is 1. The van der Waals surface area contributed by atoms with Gasteiger partial charge >= 0.3 is 6.18 Å². The Labute approximate surface area is 127 Å². The van der Waals surface area contributed by atoms with Gasteiger partial charge in [-0.05, 0) is 42.4 Å². The van der Waals surface area contributed by atoms with Crippen LogP contribution in [0.1, 0.15) is 43.2 Å². The van der Waals surface area contributed by atoms with Crippen LogP contribution in [-0.2, 0) is 12.7 Å². The summed E-state index contributed by atoms with van der Waals surface area (Å²) in [5.74, 6) is 0.325. The van der Waals surface area contributed by atoms with E-state index in [2.05, 4.69) is 10.3 Å². The first kappa shape index (κ1) is 15.2. The van der Waals surface area contributed by atoms with Crippen molar-refractivity contribution in [2.45, 2.75) is 50.9 Å². The summed E-state index contributed by atoms with van der Waals surface area (Å²) in [6.07, 6.45) is 1.84. The van der Waals surface area contributed by atoms with Gasteiger partial charge in [0.2, 0.25) is 0 Å². The molecule has 2 aliphatic rings. The number of aliphatic imine (C=N–C) groups is 1. The van der Waals surface area contributed by atoms with Gasteiger partial charge in [-0.3, -0.25) is 0 Å². The van der Waals surface area contributed by atoms with E-state index >= 15 is 0 Å². The molecule has 3 nitrogen and oxygen atoms in total. The monoisotopic (exact) mass is 311 g/mol. The lowest BCUT2D eigenvalue weighted by Crippen LogP contribution is -2.35. The van der Waals surface area contributed by atoms with Crippen LogP contribution in [0.25, 0.3) is 0 Å². The van der Waals surface area contributed by atoms with E-state index in [1.54, 1.807) is 6.07 Å². The predicted molar refractivity (Wildman–Crippen MR) is 79.2 cm³/mol. The normalized spacial score (nSPS) is 23.8. The predicted octanol–water partition coefficient (Wildman–Crippen LogP) is 3.44. The minimum atomic E-state index is -4.33. The molecule has 0 bridgehead atoms. The van der Waals surface area contributed by atoms with Gasteiger partial charge in [-0.25, -0.2) is 4.99 Å². The second-order valence-electron chi connectivity index (χ2n) is 6.37. The summed E-state index contributed by atoms with van der Waals surface area (Å²) < 4.78 is 37.9. The summed E-state index contributed by atoms with van der Waals surface area (Å²) >= 11 is 0. The molecule has 0 heterocycles. The first-order valence-corrected chi connectivity index (χ1v) is 7.62. The Morgan fingerprint density at radius 2 is 2.05 bits per heavy atom. The molecule has 0 aliphatic heterocycles. The molecule has 3 N–H and O–H groups in total. The van der Waals surface area contributed by atoms with Gasteiger partial charge < -0.3 is 11.1 Å². The van der Waals surface area contributed by atoms with E-state index in [0.29, 0.717) is 23.0 Å². The fourth-order valence-electron chi connectivity index (χ4n) is 3.43. The summed E-state index contributed by atoms with van der Waals surface area (Å²) in [4.78, 5) is 4.17. The molecule has 1 atom stereocenters. The van der Waals surface area contributed by atoms with Gasteiger partial charge in [-0.1, -0.05) is 25.0 Å². The van der Waals surface area contributed by atoms with Crippen LogP contribution in [0, 0.1) is 5.41 Å². The van der Waals surface area contributed by atoms with E-state index in [-0.39, 0.29) is 6.54 Å². The van der Waals surface area contributed by atoms with Crippen molar-refractivity contribution in [2.75, 3.05) is 0 Å². The lowest BCUT2D eigenvalue weighted by molar-refractivity contribution is -0.137. The summed E-state index contributed by atoms with van der Waals surface area (Å²) in [6.45, 7) is 0.155. The summed E-state index contributed by atoms with van der Waals surface area (Å²) in [5, 5.41) is 3.21. The van der Waals surface area contributed by atoms with Gasteiger partial charge in [0.15, 0.2) is 5.96 Å². The Balaban J connectivity index is 1.57. The number of alkyl halides is 3. The molecule has 2 aliphatic carbocycles. The quantitative estimate of drug-likeness (QED) is 0.663. The zero-order valence-electron chi connectivity index (χ0n) is 12.3. The standard InChI is InChI=1S/C16H20F3N3/c17-16(18,19)12-5-3-4-11(8-12)10-21-14(20)22-13-9-15(13)6-1-2-7-15/h3-5,8,13H,1-2,6-7,9-10H2,(H3,20,21,22).